The van der Waals surface area contributed by atoms with Gasteiger partial charge in [0.15, 0.2) is 0 Å². The molecule has 2 aromatic rings. The molecule has 0 aromatic heterocycles. The minimum Gasteiger partial charge on any atom is -0.508 e. The van der Waals surface area contributed by atoms with Crippen molar-refractivity contribution >= 4 is 0 Å². The van der Waals surface area contributed by atoms with Crippen molar-refractivity contribution in [3.8, 4) is 5.75 Å². The highest BCUT2D eigenvalue weighted by Gasteiger charge is 2.13. The molecule has 2 atom stereocenters. The lowest BCUT2D eigenvalue weighted by Crippen LogP contribution is -2.25. The third-order valence-electron chi connectivity index (χ3n) is 3.25. The monoisotopic (exact) mass is 275 g/mol. The van der Waals surface area contributed by atoms with E-state index in [1.54, 1.807) is 0 Å². The van der Waals surface area contributed by atoms with Crippen LogP contribution in [-0.4, -0.2) is 16.8 Å². The average molecular weight is 275 g/mol. The van der Waals surface area contributed by atoms with Crippen molar-refractivity contribution in [2.75, 3.05) is 6.54 Å². The van der Waals surface area contributed by atoms with Gasteiger partial charge in [-0.05, 0) is 18.6 Å². The second-order valence-corrected chi connectivity index (χ2v) is 4.76. The summed E-state index contributed by atoms with van der Waals surface area (Å²) >= 11 is 0. The van der Waals surface area contributed by atoms with Gasteiger partial charge in [0.25, 0.3) is 0 Å². The summed E-state index contributed by atoms with van der Waals surface area (Å²) in [7, 11) is 0. The van der Waals surface area contributed by atoms with E-state index in [1.807, 2.05) is 37.3 Å². The molecule has 0 aliphatic rings. The summed E-state index contributed by atoms with van der Waals surface area (Å²) in [4.78, 5) is 0. The maximum absolute atomic E-state index is 13.7. The van der Waals surface area contributed by atoms with Crippen molar-refractivity contribution in [2.45, 2.75) is 19.1 Å². The summed E-state index contributed by atoms with van der Waals surface area (Å²) in [5.74, 6) is -0.554. The van der Waals surface area contributed by atoms with Crippen LogP contribution in [0.1, 0.15) is 30.2 Å². The van der Waals surface area contributed by atoms with Crippen molar-refractivity contribution in [1.82, 2.24) is 5.32 Å². The topological polar surface area (TPSA) is 52.5 Å². The van der Waals surface area contributed by atoms with Gasteiger partial charge in [0.1, 0.15) is 11.6 Å². The molecule has 20 heavy (non-hydrogen) atoms. The highest BCUT2D eigenvalue weighted by atomic mass is 19.1. The third-order valence-corrected chi connectivity index (χ3v) is 3.25. The van der Waals surface area contributed by atoms with Crippen molar-refractivity contribution < 1.29 is 14.6 Å². The molecule has 0 spiro atoms. The Bertz CT molecular complexity index is 560. The summed E-state index contributed by atoms with van der Waals surface area (Å²) in [5.41, 5.74) is 1.28. The molecule has 3 N–H and O–H groups in total. The van der Waals surface area contributed by atoms with Crippen LogP contribution in [-0.2, 0) is 0 Å². The van der Waals surface area contributed by atoms with Crippen LogP contribution < -0.4 is 5.32 Å². The predicted octanol–water partition coefficient (Wildman–Crippen LogP) is 2.92. The van der Waals surface area contributed by atoms with E-state index in [9.17, 15) is 14.6 Å². The second kappa shape index (κ2) is 6.50. The minimum atomic E-state index is -0.640. The summed E-state index contributed by atoms with van der Waals surface area (Å²) in [6.07, 6.45) is -0.640. The first-order valence-corrected chi connectivity index (χ1v) is 6.52. The number of rotatable bonds is 5. The van der Waals surface area contributed by atoms with Crippen molar-refractivity contribution in [1.29, 1.82) is 0 Å². The molecular weight excluding hydrogens is 257 g/mol. The Kier molecular flexibility index (Phi) is 4.71. The van der Waals surface area contributed by atoms with Gasteiger partial charge in [0.2, 0.25) is 0 Å². The molecule has 0 aliphatic carbocycles. The summed E-state index contributed by atoms with van der Waals surface area (Å²) in [6, 6.07) is 13.1. The zero-order valence-electron chi connectivity index (χ0n) is 11.3. The second-order valence-electron chi connectivity index (χ2n) is 4.76. The maximum atomic E-state index is 13.7. The minimum absolute atomic E-state index is 0.0947. The van der Waals surface area contributed by atoms with Crippen LogP contribution in [0, 0.1) is 5.82 Å². The van der Waals surface area contributed by atoms with E-state index >= 15 is 0 Å². The van der Waals surface area contributed by atoms with Gasteiger partial charge in [-0.2, -0.15) is 0 Å². The molecular formula is C16H18FNO2. The molecule has 0 bridgehead atoms. The zero-order valence-corrected chi connectivity index (χ0v) is 11.3. The van der Waals surface area contributed by atoms with Crippen molar-refractivity contribution in [3.63, 3.8) is 0 Å². The Labute approximate surface area is 117 Å². The number of halogens is 1. The molecule has 0 aliphatic heterocycles. The molecule has 0 saturated carbocycles. The van der Waals surface area contributed by atoms with Crippen LogP contribution in [0.15, 0.2) is 48.5 Å². The first-order chi connectivity index (χ1) is 9.58. The molecule has 0 heterocycles. The Hall–Kier alpha value is -1.91. The highest BCUT2D eigenvalue weighted by Crippen LogP contribution is 2.21. The normalized spacial score (nSPS) is 13.9. The number of aliphatic hydroxyl groups is 1. The van der Waals surface area contributed by atoms with E-state index in [1.165, 1.54) is 12.1 Å². The van der Waals surface area contributed by atoms with E-state index in [0.29, 0.717) is 12.1 Å². The lowest BCUT2D eigenvalue weighted by Gasteiger charge is -2.18. The number of phenols is 1. The van der Waals surface area contributed by atoms with Crippen molar-refractivity contribution in [3.05, 3.63) is 65.5 Å². The molecule has 2 rings (SSSR count). The van der Waals surface area contributed by atoms with E-state index in [0.717, 1.165) is 11.6 Å². The fourth-order valence-corrected chi connectivity index (χ4v) is 2.06. The van der Waals surface area contributed by atoms with Gasteiger partial charge < -0.3 is 15.5 Å². The largest absolute Gasteiger partial charge is 0.508 e. The standard InChI is InChI=1S/C16H18FNO2/c1-11(14-8-7-13(19)9-15(14)17)18-10-16(20)12-5-3-2-4-6-12/h2-9,11,16,18-20H,10H2,1H3. The lowest BCUT2D eigenvalue weighted by molar-refractivity contribution is 0.170. The number of aliphatic hydroxyl groups excluding tert-OH is 1. The molecule has 0 saturated heterocycles. The zero-order chi connectivity index (χ0) is 14.5. The Morgan fingerprint density at radius 2 is 1.85 bits per heavy atom. The van der Waals surface area contributed by atoms with Gasteiger partial charge in [-0.15, -0.1) is 0 Å². The van der Waals surface area contributed by atoms with E-state index in [2.05, 4.69) is 5.32 Å². The molecule has 0 amide bonds. The van der Waals surface area contributed by atoms with E-state index < -0.39 is 11.9 Å². The number of nitrogens with one attached hydrogen (secondary N) is 1. The fourth-order valence-electron chi connectivity index (χ4n) is 2.06. The van der Waals surface area contributed by atoms with Gasteiger partial charge in [-0.3, -0.25) is 0 Å². The van der Waals surface area contributed by atoms with E-state index in [-0.39, 0.29) is 11.8 Å². The Balaban J connectivity index is 1.96. The number of benzene rings is 2. The lowest BCUT2D eigenvalue weighted by atomic mass is 10.1. The van der Waals surface area contributed by atoms with E-state index in [4.69, 9.17) is 0 Å². The van der Waals surface area contributed by atoms with Crippen LogP contribution in [0.4, 0.5) is 4.39 Å². The van der Waals surface area contributed by atoms with Crippen LogP contribution in [0.3, 0.4) is 0 Å². The summed E-state index contributed by atoms with van der Waals surface area (Å²) < 4.78 is 13.7. The van der Waals surface area contributed by atoms with Crippen LogP contribution in [0.2, 0.25) is 0 Å². The summed E-state index contributed by atoms with van der Waals surface area (Å²) in [6.45, 7) is 2.14. The number of hydrogen-bond donors (Lipinski definition) is 3. The highest BCUT2D eigenvalue weighted by molar-refractivity contribution is 5.29. The van der Waals surface area contributed by atoms with Crippen LogP contribution in [0.25, 0.3) is 0 Å². The van der Waals surface area contributed by atoms with Crippen LogP contribution >= 0.6 is 0 Å². The Morgan fingerprint density at radius 1 is 1.15 bits per heavy atom. The van der Waals surface area contributed by atoms with Crippen molar-refractivity contribution in [2.24, 2.45) is 0 Å². The van der Waals surface area contributed by atoms with Crippen LogP contribution in [0.5, 0.6) is 5.75 Å². The van der Waals surface area contributed by atoms with Gasteiger partial charge in [-0.25, -0.2) is 4.39 Å². The Morgan fingerprint density at radius 3 is 2.50 bits per heavy atom. The molecule has 0 fully saturated rings. The SMILES string of the molecule is CC(NCC(O)c1ccccc1)c1ccc(O)cc1F. The third kappa shape index (κ3) is 3.56. The average Bonchev–Trinajstić information content (AvgIpc) is 2.45. The number of hydrogen-bond acceptors (Lipinski definition) is 3. The van der Waals surface area contributed by atoms with Gasteiger partial charge in [0.05, 0.1) is 6.10 Å². The number of phenolic OH excluding ortho intramolecular Hbond substituents is 1. The quantitative estimate of drug-likeness (QED) is 0.786. The molecule has 2 unspecified atom stereocenters. The van der Waals surface area contributed by atoms with Gasteiger partial charge in [-0.1, -0.05) is 36.4 Å². The smallest absolute Gasteiger partial charge is 0.131 e. The molecule has 106 valence electrons. The van der Waals surface area contributed by atoms with Gasteiger partial charge in [0, 0.05) is 24.2 Å². The fraction of sp³-hybridized carbons (Fsp3) is 0.250. The maximum Gasteiger partial charge on any atom is 0.131 e. The first kappa shape index (κ1) is 14.5. The first-order valence-electron chi connectivity index (χ1n) is 6.52. The summed E-state index contributed by atoms with van der Waals surface area (Å²) in [5, 5.41) is 22.3. The molecule has 2 aromatic carbocycles. The number of aromatic hydroxyl groups is 1. The molecule has 4 heteroatoms. The molecule has 3 nitrogen and oxygen atoms in total. The predicted molar refractivity (Wildman–Crippen MR) is 75.9 cm³/mol. The van der Waals surface area contributed by atoms with Gasteiger partial charge >= 0.3 is 0 Å². The molecule has 0 radical (unpaired) electrons.